The number of rotatable bonds is 5. The van der Waals surface area contributed by atoms with Gasteiger partial charge in [0.25, 0.3) is 5.91 Å². The highest BCUT2D eigenvalue weighted by molar-refractivity contribution is 6.28. The molecule has 0 saturated heterocycles. The molecular weight excluding hydrogens is 266 g/mol. The zero-order valence-corrected chi connectivity index (χ0v) is 10.8. The maximum Gasteiger partial charge on any atom is 0.254 e. The lowest BCUT2D eigenvalue weighted by atomic mass is 10.2. The van der Waals surface area contributed by atoms with Crippen molar-refractivity contribution in [3.05, 3.63) is 47.1 Å². The van der Waals surface area contributed by atoms with Crippen LogP contribution in [0.25, 0.3) is 0 Å². The largest absolute Gasteiger partial charge is 0.369 e. The van der Waals surface area contributed by atoms with Crippen LogP contribution in [0, 0.1) is 0 Å². The number of amides is 1. The average molecular weight is 278 g/mol. The molecule has 0 aliphatic rings. The smallest absolute Gasteiger partial charge is 0.254 e. The molecule has 0 bridgehead atoms. The summed E-state index contributed by atoms with van der Waals surface area (Å²) in [5.74, 6) is -0.253. The molecule has 0 atom stereocenters. The van der Waals surface area contributed by atoms with Crippen molar-refractivity contribution in [2.24, 2.45) is 5.73 Å². The Labute approximate surface area is 115 Å². The van der Waals surface area contributed by atoms with E-state index >= 15 is 0 Å². The minimum absolute atomic E-state index is 0.0638. The SMILES string of the molecule is NC(=O)c1cnc(Cl)nc1NCCc1cccnc1. The number of hydrogen-bond donors (Lipinski definition) is 2. The minimum Gasteiger partial charge on any atom is -0.369 e. The number of carbonyl (C=O) groups excluding carboxylic acids is 1. The molecular formula is C12H12ClN5O. The first-order valence-electron chi connectivity index (χ1n) is 5.62. The number of anilines is 1. The lowest BCUT2D eigenvalue weighted by Crippen LogP contribution is -2.17. The Morgan fingerprint density at radius 3 is 2.95 bits per heavy atom. The standard InChI is InChI=1S/C12H12ClN5O/c13-12-17-7-9(10(14)19)11(18-12)16-5-3-8-2-1-4-15-6-8/h1-2,4,6-7H,3,5H2,(H2,14,19)(H,16,17,18). The van der Waals surface area contributed by atoms with Crippen LogP contribution in [0.1, 0.15) is 15.9 Å². The van der Waals surface area contributed by atoms with Crippen molar-refractivity contribution >= 4 is 23.3 Å². The molecule has 0 aromatic carbocycles. The van der Waals surface area contributed by atoms with Gasteiger partial charge in [0.1, 0.15) is 5.82 Å². The Kier molecular flexibility index (Phi) is 4.25. The predicted molar refractivity (Wildman–Crippen MR) is 72.0 cm³/mol. The summed E-state index contributed by atoms with van der Waals surface area (Å²) >= 11 is 5.69. The van der Waals surface area contributed by atoms with Gasteiger partial charge in [-0.1, -0.05) is 6.07 Å². The van der Waals surface area contributed by atoms with Gasteiger partial charge in [0, 0.05) is 25.1 Å². The number of pyridine rings is 1. The summed E-state index contributed by atoms with van der Waals surface area (Å²) < 4.78 is 0. The van der Waals surface area contributed by atoms with Crippen molar-refractivity contribution in [3.8, 4) is 0 Å². The van der Waals surface area contributed by atoms with Gasteiger partial charge in [-0.3, -0.25) is 9.78 Å². The fraction of sp³-hybridized carbons (Fsp3) is 0.167. The molecule has 2 aromatic heterocycles. The quantitative estimate of drug-likeness (QED) is 0.803. The van der Waals surface area contributed by atoms with Crippen molar-refractivity contribution in [1.82, 2.24) is 15.0 Å². The molecule has 0 radical (unpaired) electrons. The summed E-state index contributed by atoms with van der Waals surface area (Å²) in [6.45, 7) is 0.583. The van der Waals surface area contributed by atoms with Gasteiger partial charge in [-0.25, -0.2) is 4.98 Å². The van der Waals surface area contributed by atoms with E-state index in [-0.39, 0.29) is 10.8 Å². The molecule has 2 rings (SSSR count). The average Bonchev–Trinajstić information content (AvgIpc) is 2.39. The molecule has 0 aliphatic heterocycles. The van der Waals surface area contributed by atoms with E-state index in [9.17, 15) is 4.79 Å². The van der Waals surface area contributed by atoms with Crippen LogP contribution >= 0.6 is 11.6 Å². The summed E-state index contributed by atoms with van der Waals surface area (Å²) in [6.07, 6.45) is 5.55. The lowest BCUT2D eigenvalue weighted by Gasteiger charge is -2.08. The van der Waals surface area contributed by atoms with Crippen LogP contribution in [0.2, 0.25) is 5.28 Å². The number of hydrogen-bond acceptors (Lipinski definition) is 5. The summed E-state index contributed by atoms with van der Waals surface area (Å²) in [5, 5.41) is 3.08. The van der Waals surface area contributed by atoms with E-state index in [1.807, 2.05) is 12.1 Å². The third-order valence-electron chi connectivity index (χ3n) is 2.45. The van der Waals surface area contributed by atoms with Gasteiger partial charge in [0.05, 0.1) is 5.56 Å². The Bertz CT molecular complexity index is 576. The van der Waals surface area contributed by atoms with E-state index in [1.165, 1.54) is 6.20 Å². The molecule has 2 aromatic rings. The molecule has 1 amide bonds. The summed E-state index contributed by atoms with van der Waals surface area (Å²) in [7, 11) is 0. The van der Waals surface area contributed by atoms with Crippen molar-refractivity contribution in [2.75, 3.05) is 11.9 Å². The highest BCUT2D eigenvalue weighted by Crippen LogP contribution is 2.13. The van der Waals surface area contributed by atoms with Crippen LogP contribution in [0.15, 0.2) is 30.7 Å². The Morgan fingerprint density at radius 1 is 1.42 bits per heavy atom. The van der Waals surface area contributed by atoms with Crippen LogP contribution < -0.4 is 11.1 Å². The Balaban J connectivity index is 2.03. The maximum atomic E-state index is 11.2. The van der Waals surface area contributed by atoms with Gasteiger partial charge >= 0.3 is 0 Å². The van der Waals surface area contributed by atoms with Gasteiger partial charge in [-0.2, -0.15) is 4.98 Å². The normalized spacial score (nSPS) is 10.2. The molecule has 19 heavy (non-hydrogen) atoms. The molecule has 6 nitrogen and oxygen atoms in total. The van der Waals surface area contributed by atoms with Crippen LogP contribution in [0.5, 0.6) is 0 Å². The fourth-order valence-electron chi connectivity index (χ4n) is 1.55. The first kappa shape index (κ1) is 13.2. The van der Waals surface area contributed by atoms with Gasteiger partial charge in [-0.05, 0) is 29.7 Å². The highest BCUT2D eigenvalue weighted by atomic mass is 35.5. The summed E-state index contributed by atoms with van der Waals surface area (Å²) in [5.41, 5.74) is 6.53. The zero-order chi connectivity index (χ0) is 13.7. The number of aromatic nitrogens is 3. The fourth-order valence-corrected chi connectivity index (χ4v) is 1.68. The number of nitrogens with two attached hydrogens (primary N) is 1. The molecule has 0 saturated carbocycles. The first-order valence-corrected chi connectivity index (χ1v) is 5.99. The maximum absolute atomic E-state index is 11.2. The molecule has 0 spiro atoms. The summed E-state index contributed by atoms with van der Waals surface area (Å²) in [4.78, 5) is 22.9. The van der Waals surface area contributed by atoms with Crippen LogP contribution in [0.4, 0.5) is 5.82 Å². The molecule has 0 unspecified atom stereocenters. The van der Waals surface area contributed by atoms with E-state index in [2.05, 4.69) is 20.3 Å². The van der Waals surface area contributed by atoms with E-state index in [0.717, 1.165) is 12.0 Å². The second-order valence-corrected chi connectivity index (χ2v) is 4.14. The molecule has 98 valence electrons. The topological polar surface area (TPSA) is 93.8 Å². The van der Waals surface area contributed by atoms with Crippen molar-refractivity contribution < 1.29 is 4.79 Å². The van der Waals surface area contributed by atoms with E-state index in [4.69, 9.17) is 17.3 Å². The van der Waals surface area contributed by atoms with E-state index in [1.54, 1.807) is 12.4 Å². The zero-order valence-electron chi connectivity index (χ0n) is 10.0. The van der Waals surface area contributed by atoms with Gasteiger partial charge in [-0.15, -0.1) is 0 Å². The number of nitrogens with zero attached hydrogens (tertiary/aromatic N) is 3. The van der Waals surface area contributed by atoms with Gasteiger partial charge < -0.3 is 11.1 Å². The van der Waals surface area contributed by atoms with E-state index in [0.29, 0.717) is 12.4 Å². The molecule has 2 heterocycles. The van der Waals surface area contributed by atoms with Crippen LogP contribution in [-0.4, -0.2) is 27.4 Å². The third kappa shape index (κ3) is 3.62. The van der Waals surface area contributed by atoms with E-state index < -0.39 is 5.91 Å². The van der Waals surface area contributed by atoms with Gasteiger partial charge in [0.2, 0.25) is 5.28 Å². The van der Waals surface area contributed by atoms with Crippen LogP contribution in [0.3, 0.4) is 0 Å². The lowest BCUT2D eigenvalue weighted by molar-refractivity contribution is 0.100. The minimum atomic E-state index is -0.597. The van der Waals surface area contributed by atoms with Crippen molar-refractivity contribution in [2.45, 2.75) is 6.42 Å². The van der Waals surface area contributed by atoms with Crippen molar-refractivity contribution in [1.29, 1.82) is 0 Å². The highest BCUT2D eigenvalue weighted by Gasteiger charge is 2.10. The second-order valence-electron chi connectivity index (χ2n) is 3.80. The number of halogens is 1. The Morgan fingerprint density at radius 2 is 2.26 bits per heavy atom. The second kappa shape index (κ2) is 6.10. The third-order valence-corrected chi connectivity index (χ3v) is 2.64. The molecule has 7 heteroatoms. The number of primary amides is 1. The molecule has 0 aliphatic carbocycles. The molecule has 3 N–H and O–H groups in total. The van der Waals surface area contributed by atoms with Gasteiger partial charge in [0.15, 0.2) is 0 Å². The Hall–Kier alpha value is -2.21. The predicted octanol–water partition coefficient (Wildman–Crippen LogP) is 1.28. The number of carbonyl (C=O) groups is 1. The van der Waals surface area contributed by atoms with Crippen molar-refractivity contribution in [3.63, 3.8) is 0 Å². The number of nitrogens with one attached hydrogen (secondary N) is 1. The van der Waals surface area contributed by atoms with Crippen LogP contribution in [-0.2, 0) is 6.42 Å². The summed E-state index contributed by atoms with van der Waals surface area (Å²) in [6, 6.07) is 3.84. The monoisotopic (exact) mass is 277 g/mol. The molecule has 0 fully saturated rings. The first-order chi connectivity index (χ1) is 9.16.